The summed E-state index contributed by atoms with van der Waals surface area (Å²) in [5, 5.41) is 6.93. The third-order valence-corrected chi connectivity index (χ3v) is 9.06. The zero-order valence-electron chi connectivity index (χ0n) is 17.7. The number of fused-ring (bicyclic) bond motifs is 1. The number of amides is 1. The Morgan fingerprint density at radius 2 is 1.85 bits per heavy atom. The molecule has 3 aromatic rings. The lowest BCUT2D eigenvalue weighted by molar-refractivity contribution is 0.0699. The van der Waals surface area contributed by atoms with Gasteiger partial charge in [0.25, 0.3) is 15.9 Å². The number of carbonyl (C=O) groups is 1. The third-order valence-electron chi connectivity index (χ3n) is 5.58. The van der Waals surface area contributed by atoms with Crippen LogP contribution in [0.4, 0.5) is 0 Å². The number of sulfonamides is 1. The molecule has 13 heteroatoms. The van der Waals surface area contributed by atoms with E-state index in [1.54, 1.807) is 24.0 Å². The van der Waals surface area contributed by atoms with E-state index in [0.29, 0.717) is 53.0 Å². The molecule has 0 aliphatic carbocycles. The molecule has 0 spiro atoms. The molecule has 1 fully saturated rings. The first-order valence-electron chi connectivity index (χ1n) is 10.3. The van der Waals surface area contributed by atoms with Gasteiger partial charge in [-0.3, -0.25) is 14.7 Å². The largest absolute Gasteiger partial charge is 0.486 e. The molecule has 5 rings (SSSR count). The van der Waals surface area contributed by atoms with Crippen LogP contribution in [0.5, 0.6) is 11.5 Å². The van der Waals surface area contributed by atoms with Crippen molar-refractivity contribution in [3.8, 4) is 22.8 Å². The molecule has 2 aliphatic rings. The number of aryl methyl sites for hydroxylation is 1. The van der Waals surface area contributed by atoms with Gasteiger partial charge in [0, 0.05) is 37.4 Å². The lowest BCUT2D eigenvalue weighted by Crippen LogP contribution is -2.50. The Morgan fingerprint density at radius 3 is 2.55 bits per heavy atom. The number of ether oxygens (including phenoxy) is 2. The quantitative estimate of drug-likeness (QED) is 0.556. The van der Waals surface area contributed by atoms with Gasteiger partial charge in [0.2, 0.25) is 0 Å². The minimum atomic E-state index is -3.80. The number of nitrogens with one attached hydrogen (secondary N) is 2. The molecule has 11 nitrogen and oxygen atoms in total. The summed E-state index contributed by atoms with van der Waals surface area (Å²) in [7, 11) is -3.80. The van der Waals surface area contributed by atoms with E-state index in [1.165, 1.54) is 10.5 Å². The number of piperazine rings is 1. The Bertz CT molecular complexity index is 1370. The predicted octanol–water partition coefficient (Wildman–Crippen LogP) is 1.05. The van der Waals surface area contributed by atoms with Crippen LogP contribution in [0.1, 0.15) is 16.1 Å². The summed E-state index contributed by atoms with van der Waals surface area (Å²) < 4.78 is 38.3. The molecular formula is C20H21N5O6S2. The normalized spacial score (nSPS) is 16.7. The van der Waals surface area contributed by atoms with E-state index in [2.05, 4.69) is 15.2 Å². The number of rotatable bonds is 4. The van der Waals surface area contributed by atoms with Crippen LogP contribution in [-0.4, -0.2) is 78.1 Å². The van der Waals surface area contributed by atoms with Crippen LogP contribution >= 0.6 is 11.3 Å². The maximum absolute atomic E-state index is 13.2. The molecule has 0 saturated carbocycles. The van der Waals surface area contributed by atoms with E-state index in [-0.39, 0.29) is 36.3 Å². The van der Waals surface area contributed by atoms with Crippen molar-refractivity contribution < 1.29 is 22.7 Å². The van der Waals surface area contributed by atoms with E-state index in [9.17, 15) is 18.0 Å². The highest BCUT2D eigenvalue weighted by atomic mass is 32.2. The van der Waals surface area contributed by atoms with Crippen molar-refractivity contribution in [2.24, 2.45) is 0 Å². The van der Waals surface area contributed by atoms with E-state index >= 15 is 0 Å². The number of nitrogens with zero attached hydrogens (tertiary/aromatic N) is 3. The summed E-state index contributed by atoms with van der Waals surface area (Å²) in [6, 6.07) is 5.42. The van der Waals surface area contributed by atoms with Crippen molar-refractivity contribution in [3.63, 3.8) is 0 Å². The smallest absolute Gasteiger partial charge is 0.305 e. The number of aromatic nitrogens is 3. The Morgan fingerprint density at radius 1 is 1.12 bits per heavy atom. The fraction of sp³-hybridized carbons (Fsp3) is 0.350. The van der Waals surface area contributed by atoms with Gasteiger partial charge >= 0.3 is 4.87 Å². The first kappa shape index (κ1) is 21.7. The molecule has 2 aliphatic heterocycles. The van der Waals surface area contributed by atoms with Gasteiger partial charge in [0.1, 0.15) is 13.2 Å². The molecule has 0 atom stereocenters. The van der Waals surface area contributed by atoms with Gasteiger partial charge in [-0.1, -0.05) is 11.3 Å². The lowest BCUT2D eigenvalue weighted by atomic mass is 10.1. The van der Waals surface area contributed by atoms with Gasteiger partial charge in [-0.25, -0.2) is 8.42 Å². The topological polar surface area (TPSA) is 138 Å². The Kier molecular flexibility index (Phi) is 5.46. The summed E-state index contributed by atoms with van der Waals surface area (Å²) in [6.07, 6.45) is 1.47. The molecule has 1 amide bonds. The highest BCUT2D eigenvalue weighted by Gasteiger charge is 2.33. The van der Waals surface area contributed by atoms with Crippen molar-refractivity contribution in [1.82, 2.24) is 24.4 Å². The fourth-order valence-corrected chi connectivity index (χ4v) is 6.78. The first-order valence-corrected chi connectivity index (χ1v) is 12.5. The zero-order valence-corrected chi connectivity index (χ0v) is 19.3. The average molecular weight is 492 g/mol. The monoisotopic (exact) mass is 491 g/mol. The van der Waals surface area contributed by atoms with Crippen LogP contribution < -0.4 is 14.3 Å². The van der Waals surface area contributed by atoms with E-state index in [1.807, 2.05) is 6.07 Å². The maximum atomic E-state index is 13.2. The Labute approximate surface area is 193 Å². The molecule has 4 heterocycles. The van der Waals surface area contributed by atoms with Gasteiger partial charge < -0.3 is 19.4 Å². The molecule has 0 bridgehead atoms. The molecular weight excluding hydrogens is 470 g/mol. The zero-order chi connectivity index (χ0) is 23.2. The highest BCUT2D eigenvalue weighted by Crippen LogP contribution is 2.35. The van der Waals surface area contributed by atoms with Crippen molar-refractivity contribution in [1.29, 1.82) is 0 Å². The SMILES string of the molecule is Cc1[nH]c(=O)sc1S(=O)(=O)N1CCN(C(=O)c2cn[nH]c2-c2ccc3c(c2)OCCO3)CC1. The molecule has 2 aromatic heterocycles. The van der Waals surface area contributed by atoms with Crippen LogP contribution in [0.2, 0.25) is 0 Å². The molecule has 33 heavy (non-hydrogen) atoms. The number of thiazole rings is 1. The van der Waals surface area contributed by atoms with Crippen LogP contribution in [-0.2, 0) is 10.0 Å². The van der Waals surface area contributed by atoms with Gasteiger partial charge in [-0.2, -0.15) is 9.40 Å². The van der Waals surface area contributed by atoms with E-state index in [0.717, 1.165) is 5.56 Å². The fourth-order valence-electron chi connectivity index (χ4n) is 3.92. The second-order valence-electron chi connectivity index (χ2n) is 7.64. The molecule has 2 N–H and O–H groups in total. The second-order valence-corrected chi connectivity index (χ2v) is 10.8. The number of benzene rings is 1. The molecule has 1 aromatic carbocycles. The number of aromatic amines is 2. The molecule has 174 valence electrons. The van der Waals surface area contributed by atoms with Gasteiger partial charge in [-0.05, 0) is 25.1 Å². The predicted molar refractivity (Wildman–Crippen MR) is 119 cm³/mol. The summed E-state index contributed by atoms with van der Waals surface area (Å²) in [4.78, 5) is 28.5. The lowest BCUT2D eigenvalue weighted by Gasteiger charge is -2.33. The third kappa shape index (κ3) is 3.92. The van der Waals surface area contributed by atoms with Crippen LogP contribution in [0.3, 0.4) is 0 Å². The Balaban J connectivity index is 1.32. The maximum Gasteiger partial charge on any atom is 0.305 e. The number of H-pyrrole nitrogens is 2. The van der Waals surface area contributed by atoms with E-state index in [4.69, 9.17) is 9.47 Å². The first-order chi connectivity index (χ1) is 15.8. The Hall–Kier alpha value is -3.16. The highest BCUT2D eigenvalue weighted by molar-refractivity contribution is 7.91. The minimum Gasteiger partial charge on any atom is -0.486 e. The van der Waals surface area contributed by atoms with Crippen molar-refractivity contribution in [2.45, 2.75) is 11.1 Å². The van der Waals surface area contributed by atoms with Gasteiger partial charge in [-0.15, -0.1) is 0 Å². The number of hydrogen-bond donors (Lipinski definition) is 2. The number of hydrogen-bond acceptors (Lipinski definition) is 8. The van der Waals surface area contributed by atoms with Gasteiger partial charge in [0.05, 0.1) is 17.5 Å². The minimum absolute atomic E-state index is 0.0167. The number of carbonyl (C=O) groups excluding carboxylic acids is 1. The van der Waals surface area contributed by atoms with Crippen molar-refractivity contribution >= 4 is 27.3 Å². The summed E-state index contributed by atoms with van der Waals surface area (Å²) in [6.45, 7) is 3.22. The average Bonchev–Trinajstić information content (AvgIpc) is 3.45. The van der Waals surface area contributed by atoms with Crippen molar-refractivity contribution in [2.75, 3.05) is 39.4 Å². The van der Waals surface area contributed by atoms with Crippen molar-refractivity contribution in [3.05, 3.63) is 45.3 Å². The van der Waals surface area contributed by atoms with E-state index < -0.39 is 14.9 Å². The summed E-state index contributed by atoms with van der Waals surface area (Å²) in [5.41, 5.74) is 2.01. The van der Waals surface area contributed by atoms with Crippen LogP contribution in [0, 0.1) is 6.92 Å². The summed E-state index contributed by atoms with van der Waals surface area (Å²) >= 11 is 0.677. The summed E-state index contributed by atoms with van der Waals surface area (Å²) in [5.74, 6) is 1.01. The van der Waals surface area contributed by atoms with Gasteiger partial charge in [0.15, 0.2) is 15.7 Å². The van der Waals surface area contributed by atoms with Crippen LogP contribution in [0.25, 0.3) is 11.3 Å². The molecule has 0 unspecified atom stereocenters. The molecule has 1 saturated heterocycles. The second kappa shape index (κ2) is 8.32. The standard InChI is InChI=1S/C20H21N5O6S2/c1-12-19(32-20(27)22-12)33(28,29)25-6-4-24(5-7-25)18(26)14-11-21-23-17(14)13-2-3-15-16(10-13)31-9-8-30-15/h2-3,10-11H,4-9H2,1H3,(H,21,23)(H,22,27). The molecule has 0 radical (unpaired) electrons. The van der Waals surface area contributed by atoms with Crippen LogP contribution in [0.15, 0.2) is 33.4 Å².